The highest BCUT2D eigenvalue weighted by Gasteiger charge is 2.11. The van der Waals surface area contributed by atoms with Crippen molar-refractivity contribution >= 4 is 11.9 Å². The van der Waals surface area contributed by atoms with Gasteiger partial charge in [0.25, 0.3) is 0 Å². The van der Waals surface area contributed by atoms with E-state index in [0.29, 0.717) is 18.6 Å². The van der Waals surface area contributed by atoms with Crippen molar-refractivity contribution in [2.24, 2.45) is 5.73 Å². The minimum Gasteiger partial charge on any atom is -0.462 e. The van der Waals surface area contributed by atoms with Crippen molar-refractivity contribution in [3.8, 4) is 0 Å². The van der Waals surface area contributed by atoms with Gasteiger partial charge in [-0.3, -0.25) is 4.79 Å². The Morgan fingerprint density at radius 3 is 2.28 bits per heavy atom. The smallest absolute Gasteiger partial charge is 0.334 e. The van der Waals surface area contributed by atoms with E-state index in [2.05, 4.69) is 6.92 Å². The Balaban J connectivity index is 4.09. The van der Waals surface area contributed by atoms with Gasteiger partial charge in [0.15, 0.2) is 0 Å². The monoisotopic (exact) mass is 255 g/mol. The molecular weight excluding hydrogens is 230 g/mol. The van der Waals surface area contributed by atoms with Gasteiger partial charge in [0, 0.05) is 11.6 Å². The molecular formula is C14H25NO3. The van der Waals surface area contributed by atoms with Crippen molar-refractivity contribution in [1.29, 1.82) is 0 Å². The lowest BCUT2D eigenvalue weighted by Gasteiger charge is -2.07. The SMILES string of the molecule is CCCCCCOC(=O)C(=CC(N)=O)CCCC. The molecule has 0 aliphatic carbocycles. The molecule has 0 radical (unpaired) electrons. The largest absolute Gasteiger partial charge is 0.462 e. The van der Waals surface area contributed by atoms with Crippen molar-refractivity contribution in [3.05, 3.63) is 11.6 Å². The minimum absolute atomic E-state index is 0.389. The molecule has 0 heterocycles. The second-order valence-corrected chi connectivity index (χ2v) is 4.37. The Labute approximate surface area is 110 Å². The lowest BCUT2D eigenvalue weighted by Crippen LogP contribution is -2.14. The molecule has 0 aliphatic rings. The summed E-state index contributed by atoms with van der Waals surface area (Å²) in [6.45, 7) is 4.57. The molecule has 0 aromatic carbocycles. The first-order valence-electron chi connectivity index (χ1n) is 6.78. The number of amides is 1. The highest BCUT2D eigenvalue weighted by atomic mass is 16.5. The third-order valence-corrected chi connectivity index (χ3v) is 2.61. The Bertz CT molecular complexity index is 285. The minimum atomic E-state index is -0.593. The van der Waals surface area contributed by atoms with Gasteiger partial charge >= 0.3 is 5.97 Å². The molecule has 18 heavy (non-hydrogen) atoms. The number of carbonyl (C=O) groups is 2. The molecule has 0 spiro atoms. The zero-order chi connectivity index (χ0) is 13.8. The van der Waals surface area contributed by atoms with E-state index < -0.39 is 11.9 Å². The van der Waals surface area contributed by atoms with Gasteiger partial charge in [-0.2, -0.15) is 0 Å². The van der Waals surface area contributed by atoms with E-state index in [0.717, 1.165) is 38.5 Å². The summed E-state index contributed by atoms with van der Waals surface area (Å²) in [5.74, 6) is -0.997. The Hall–Kier alpha value is -1.32. The Morgan fingerprint density at radius 1 is 1.06 bits per heavy atom. The van der Waals surface area contributed by atoms with Crippen LogP contribution in [0.15, 0.2) is 11.6 Å². The molecule has 0 saturated carbocycles. The quantitative estimate of drug-likeness (QED) is 0.371. The molecule has 1 amide bonds. The summed E-state index contributed by atoms with van der Waals surface area (Å²) in [5.41, 5.74) is 5.46. The van der Waals surface area contributed by atoms with E-state index in [1.165, 1.54) is 6.08 Å². The number of carbonyl (C=O) groups excluding carboxylic acids is 2. The number of nitrogens with two attached hydrogens (primary N) is 1. The normalized spacial score (nSPS) is 11.3. The zero-order valence-electron chi connectivity index (χ0n) is 11.5. The molecule has 4 nitrogen and oxygen atoms in total. The van der Waals surface area contributed by atoms with E-state index in [9.17, 15) is 9.59 Å². The van der Waals surface area contributed by atoms with E-state index in [1.54, 1.807) is 0 Å². The first-order valence-corrected chi connectivity index (χ1v) is 6.78. The number of ether oxygens (including phenoxy) is 1. The third kappa shape index (κ3) is 8.79. The molecule has 0 atom stereocenters. The van der Waals surface area contributed by atoms with Gasteiger partial charge in [0.05, 0.1) is 6.61 Å². The standard InChI is InChI=1S/C14H25NO3/c1-3-5-7-8-10-18-14(17)12(9-6-4-2)11-13(15)16/h11H,3-10H2,1-2H3,(H2,15,16). The summed E-state index contributed by atoms with van der Waals surface area (Å²) >= 11 is 0. The fourth-order valence-corrected chi connectivity index (χ4v) is 1.56. The molecule has 2 N–H and O–H groups in total. The van der Waals surface area contributed by atoms with E-state index >= 15 is 0 Å². The average Bonchev–Trinajstić information content (AvgIpc) is 2.33. The second kappa shape index (κ2) is 10.8. The van der Waals surface area contributed by atoms with E-state index in [-0.39, 0.29) is 0 Å². The van der Waals surface area contributed by atoms with Gasteiger partial charge in [-0.1, -0.05) is 39.5 Å². The van der Waals surface area contributed by atoms with Gasteiger partial charge in [-0.05, 0) is 19.3 Å². The van der Waals surface area contributed by atoms with Crippen LogP contribution in [-0.2, 0) is 14.3 Å². The number of primary amides is 1. The number of esters is 1. The summed E-state index contributed by atoms with van der Waals surface area (Å²) in [6.07, 6.45) is 7.78. The Kier molecular flexibility index (Phi) is 10.0. The summed E-state index contributed by atoms with van der Waals surface area (Å²) in [5, 5.41) is 0. The van der Waals surface area contributed by atoms with Crippen molar-refractivity contribution in [3.63, 3.8) is 0 Å². The molecule has 0 saturated heterocycles. The lowest BCUT2D eigenvalue weighted by atomic mass is 10.1. The first-order chi connectivity index (χ1) is 8.61. The highest BCUT2D eigenvalue weighted by Crippen LogP contribution is 2.10. The fraction of sp³-hybridized carbons (Fsp3) is 0.714. The number of hydrogen-bond donors (Lipinski definition) is 1. The van der Waals surface area contributed by atoms with Crippen LogP contribution < -0.4 is 5.73 Å². The third-order valence-electron chi connectivity index (χ3n) is 2.61. The van der Waals surface area contributed by atoms with Gasteiger partial charge in [0.2, 0.25) is 5.91 Å². The summed E-state index contributed by atoms with van der Waals surface area (Å²) < 4.78 is 5.13. The predicted octanol–water partition coefficient (Wildman–Crippen LogP) is 2.71. The van der Waals surface area contributed by atoms with Crippen LogP contribution in [0.25, 0.3) is 0 Å². The van der Waals surface area contributed by atoms with Crippen molar-refractivity contribution < 1.29 is 14.3 Å². The second-order valence-electron chi connectivity index (χ2n) is 4.37. The van der Waals surface area contributed by atoms with E-state index in [1.807, 2.05) is 6.92 Å². The van der Waals surface area contributed by atoms with Gasteiger partial charge in [-0.25, -0.2) is 4.79 Å². The molecule has 0 unspecified atom stereocenters. The molecule has 104 valence electrons. The number of unbranched alkanes of at least 4 members (excludes halogenated alkanes) is 4. The molecule has 0 rings (SSSR count). The maximum Gasteiger partial charge on any atom is 0.334 e. The lowest BCUT2D eigenvalue weighted by molar-refractivity contribution is -0.139. The zero-order valence-corrected chi connectivity index (χ0v) is 11.5. The average molecular weight is 255 g/mol. The maximum atomic E-state index is 11.7. The van der Waals surface area contributed by atoms with Crippen LogP contribution in [0.5, 0.6) is 0 Å². The van der Waals surface area contributed by atoms with Gasteiger partial charge in [0.1, 0.15) is 0 Å². The fourth-order valence-electron chi connectivity index (χ4n) is 1.56. The van der Waals surface area contributed by atoms with Crippen LogP contribution in [-0.4, -0.2) is 18.5 Å². The molecule has 0 aromatic rings. The molecule has 0 fully saturated rings. The number of hydrogen-bond acceptors (Lipinski definition) is 3. The molecule has 4 heteroatoms. The summed E-state index contributed by atoms with van der Waals surface area (Å²) in [4.78, 5) is 22.5. The highest BCUT2D eigenvalue weighted by molar-refractivity contribution is 5.97. The number of rotatable bonds is 10. The molecule has 0 aliphatic heterocycles. The molecule has 0 aromatic heterocycles. The predicted molar refractivity (Wildman–Crippen MR) is 71.9 cm³/mol. The van der Waals surface area contributed by atoms with Crippen LogP contribution in [0.3, 0.4) is 0 Å². The van der Waals surface area contributed by atoms with Gasteiger partial charge in [-0.15, -0.1) is 0 Å². The first kappa shape index (κ1) is 16.7. The van der Waals surface area contributed by atoms with Crippen LogP contribution in [0, 0.1) is 0 Å². The Morgan fingerprint density at radius 2 is 1.72 bits per heavy atom. The van der Waals surface area contributed by atoms with Crippen LogP contribution in [0.2, 0.25) is 0 Å². The van der Waals surface area contributed by atoms with Gasteiger partial charge < -0.3 is 10.5 Å². The summed E-state index contributed by atoms with van der Waals surface area (Å²) in [7, 11) is 0. The topological polar surface area (TPSA) is 69.4 Å². The van der Waals surface area contributed by atoms with Crippen molar-refractivity contribution in [2.75, 3.05) is 6.61 Å². The van der Waals surface area contributed by atoms with Crippen LogP contribution in [0.4, 0.5) is 0 Å². The van der Waals surface area contributed by atoms with Crippen LogP contribution >= 0.6 is 0 Å². The molecule has 0 bridgehead atoms. The van der Waals surface area contributed by atoms with E-state index in [4.69, 9.17) is 10.5 Å². The van der Waals surface area contributed by atoms with Crippen molar-refractivity contribution in [1.82, 2.24) is 0 Å². The maximum absolute atomic E-state index is 11.7. The van der Waals surface area contributed by atoms with Crippen LogP contribution in [0.1, 0.15) is 58.8 Å². The van der Waals surface area contributed by atoms with Crippen molar-refractivity contribution in [2.45, 2.75) is 58.8 Å². The summed E-state index contributed by atoms with van der Waals surface area (Å²) in [6, 6.07) is 0.